The number of unbranched alkanes of at least 4 members (excludes halogenated alkanes) is 2. The zero-order valence-electron chi connectivity index (χ0n) is 14.0. The van der Waals surface area contributed by atoms with Crippen LogP contribution < -0.4 is 14.8 Å². The molecule has 1 amide bonds. The fourth-order valence-corrected chi connectivity index (χ4v) is 2.09. The highest BCUT2D eigenvalue weighted by atomic mass is 16.5. The number of hydrogen-bond donors (Lipinski definition) is 1. The molecule has 0 aliphatic heterocycles. The van der Waals surface area contributed by atoms with Gasteiger partial charge >= 0.3 is 5.97 Å². The monoisotopic (exact) mass is 323 g/mol. The van der Waals surface area contributed by atoms with Gasteiger partial charge in [-0.1, -0.05) is 6.42 Å². The third kappa shape index (κ3) is 6.59. The van der Waals surface area contributed by atoms with Crippen molar-refractivity contribution in [2.24, 2.45) is 0 Å². The first-order valence-electron chi connectivity index (χ1n) is 7.78. The second-order valence-electron chi connectivity index (χ2n) is 4.94. The van der Waals surface area contributed by atoms with E-state index in [1.54, 1.807) is 32.2 Å². The number of methoxy groups -OCH3 is 2. The van der Waals surface area contributed by atoms with Crippen molar-refractivity contribution < 1.29 is 23.8 Å². The first-order valence-corrected chi connectivity index (χ1v) is 7.78. The normalized spacial score (nSPS) is 10.0. The van der Waals surface area contributed by atoms with Crippen LogP contribution >= 0.6 is 0 Å². The van der Waals surface area contributed by atoms with E-state index in [-0.39, 0.29) is 11.9 Å². The zero-order chi connectivity index (χ0) is 17.1. The molecular weight excluding hydrogens is 298 g/mol. The molecule has 1 aromatic rings. The van der Waals surface area contributed by atoms with Gasteiger partial charge in [0.05, 0.1) is 20.8 Å². The van der Waals surface area contributed by atoms with Crippen molar-refractivity contribution in [3.05, 3.63) is 23.8 Å². The SMILES string of the molecule is CCOC(=O)CCCCCNC(=O)c1ccc(OC)c(OC)c1. The molecule has 1 aromatic carbocycles. The Morgan fingerprint density at radius 2 is 1.78 bits per heavy atom. The number of nitrogens with one attached hydrogen (secondary N) is 1. The Bertz CT molecular complexity index is 516. The van der Waals surface area contributed by atoms with Crippen molar-refractivity contribution in [3.8, 4) is 11.5 Å². The van der Waals surface area contributed by atoms with Crippen LogP contribution in [0.1, 0.15) is 43.0 Å². The number of amides is 1. The lowest BCUT2D eigenvalue weighted by molar-refractivity contribution is -0.143. The van der Waals surface area contributed by atoms with Gasteiger partial charge in [-0.3, -0.25) is 9.59 Å². The summed E-state index contributed by atoms with van der Waals surface area (Å²) < 4.78 is 15.2. The number of hydrogen-bond acceptors (Lipinski definition) is 5. The summed E-state index contributed by atoms with van der Waals surface area (Å²) >= 11 is 0. The molecule has 0 heterocycles. The molecule has 1 rings (SSSR count). The lowest BCUT2D eigenvalue weighted by Gasteiger charge is -2.10. The molecule has 1 N–H and O–H groups in total. The average Bonchev–Trinajstić information content (AvgIpc) is 2.57. The molecule has 0 spiro atoms. The quantitative estimate of drug-likeness (QED) is 0.529. The van der Waals surface area contributed by atoms with E-state index in [2.05, 4.69) is 5.32 Å². The number of carbonyl (C=O) groups excluding carboxylic acids is 2. The Labute approximate surface area is 137 Å². The third-order valence-corrected chi connectivity index (χ3v) is 3.29. The highest BCUT2D eigenvalue weighted by molar-refractivity contribution is 5.94. The molecule has 0 aliphatic carbocycles. The van der Waals surface area contributed by atoms with Crippen LogP contribution in [0.25, 0.3) is 0 Å². The summed E-state index contributed by atoms with van der Waals surface area (Å²) in [4.78, 5) is 23.2. The molecule has 0 aromatic heterocycles. The van der Waals surface area contributed by atoms with E-state index in [1.165, 1.54) is 7.11 Å². The van der Waals surface area contributed by atoms with Crippen molar-refractivity contribution >= 4 is 11.9 Å². The van der Waals surface area contributed by atoms with Crippen LogP contribution in [0.4, 0.5) is 0 Å². The summed E-state index contributed by atoms with van der Waals surface area (Å²) in [7, 11) is 3.08. The van der Waals surface area contributed by atoms with Crippen LogP contribution in [0.3, 0.4) is 0 Å². The Balaban J connectivity index is 2.30. The predicted molar refractivity (Wildman–Crippen MR) is 87.0 cm³/mol. The van der Waals surface area contributed by atoms with Crippen molar-refractivity contribution in [1.82, 2.24) is 5.32 Å². The van der Waals surface area contributed by atoms with E-state index in [1.807, 2.05) is 0 Å². The lowest BCUT2D eigenvalue weighted by Crippen LogP contribution is -2.24. The van der Waals surface area contributed by atoms with Crippen molar-refractivity contribution in [3.63, 3.8) is 0 Å². The van der Waals surface area contributed by atoms with Gasteiger partial charge in [-0.15, -0.1) is 0 Å². The van der Waals surface area contributed by atoms with E-state index in [0.29, 0.717) is 36.6 Å². The van der Waals surface area contributed by atoms with Gasteiger partial charge in [0.25, 0.3) is 5.91 Å². The van der Waals surface area contributed by atoms with Gasteiger partial charge in [0.15, 0.2) is 11.5 Å². The summed E-state index contributed by atoms with van der Waals surface area (Å²) in [6, 6.07) is 5.04. The number of benzene rings is 1. The Hall–Kier alpha value is -2.24. The van der Waals surface area contributed by atoms with Gasteiger partial charge < -0.3 is 19.5 Å². The molecule has 0 aliphatic rings. The minimum atomic E-state index is -0.165. The number of carbonyl (C=O) groups is 2. The molecule has 0 radical (unpaired) electrons. The molecule has 0 unspecified atom stereocenters. The van der Waals surface area contributed by atoms with E-state index in [9.17, 15) is 9.59 Å². The molecular formula is C17H25NO5. The molecule has 23 heavy (non-hydrogen) atoms. The van der Waals surface area contributed by atoms with Crippen LogP contribution in [-0.2, 0) is 9.53 Å². The Morgan fingerprint density at radius 3 is 2.43 bits per heavy atom. The third-order valence-electron chi connectivity index (χ3n) is 3.29. The van der Waals surface area contributed by atoms with Crippen molar-refractivity contribution in [2.75, 3.05) is 27.4 Å². The summed E-state index contributed by atoms with van der Waals surface area (Å²) in [5.74, 6) is 0.788. The minimum absolute atomic E-state index is 0.156. The zero-order valence-corrected chi connectivity index (χ0v) is 14.0. The van der Waals surface area contributed by atoms with Crippen LogP contribution in [0.2, 0.25) is 0 Å². The molecule has 6 heteroatoms. The van der Waals surface area contributed by atoms with E-state index in [0.717, 1.165) is 19.3 Å². The second kappa shape index (κ2) is 10.5. The molecule has 0 bridgehead atoms. The molecule has 0 saturated heterocycles. The van der Waals surface area contributed by atoms with E-state index in [4.69, 9.17) is 14.2 Å². The smallest absolute Gasteiger partial charge is 0.305 e. The van der Waals surface area contributed by atoms with Gasteiger partial charge in [-0.25, -0.2) is 0 Å². The minimum Gasteiger partial charge on any atom is -0.493 e. The highest BCUT2D eigenvalue weighted by Gasteiger charge is 2.10. The fourth-order valence-electron chi connectivity index (χ4n) is 2.09. The maximum Gasteiger partial charge on any atom is 0.305 e. The summed E-state index contributed by atoms with van der Waals surface area (Å²) in [5.41, 5.74) is 0.522. The first kappa shape index (κ1) is 18.8. The number of rotatable bonds is 10. The Kier molecular flexibility index (Phi) is 8.57. The van der Waals surface area contributed by atoms with Gasteiger partial charge in [-0.2, -0.15) is 0 Å². The average molecular weight is 323 g/mol. The lowest BCUT2D eigenvalue weighted by atomic mass is 10.1. The largest absolute Gasteiger partial charge is 0.493 e. The maximum atomic E-state index is 12.1. The van der Waals surface area contributed by atoms with Crippen LogP contribution in [0, 0.1) is 0 Å². The molecule has 128 valence electrons. The maximum absolute atomic E-state index is 12.1. The van der Waals surface area contributed by atoms with E-state index < -0.39 is 0 Å². The summed E-state index contributed by atoms with van der Waals surface area (Å²) in [6.07, 6.45) is 2.88. The second-order valence-corrected chi connectivity index (χ2v) is 4.94. The van der Waals surface area contributed by atoms with Crippen LogP contribution in [0.5, 0.6) is 11.5 Å². The number of esters is 1. The standard InChI is InChI=1S/C17H25NO5/c1-4-23-16(19)8-6-5-7-11-18-17(20)13-9-10-14(21-2)15(12-13)22-3/h9-10,12H,4-8,11H2,1-3H3,(H,18,20). The molecule has 0 atom stereocenters. The van der Waals surface area contributed by atoms with Gasteiger partial charge in [0.1, 0.15) is 0 Å². The molecule has 0 fully saturated rings. The van der Waals surface area contributed by atoms with Gasteiger partial charge in [-0.05, 0) is 38.0 Å². The van der Waals surface area contributed by atoms with Crippen molar-refractivity contribution in [1.29, 1.82) is 0 Å². The number of ether oxygens (including phenoxy) is 3. The first-order chi connectivity index (χ1) is 11.1. The Morgan fingerprint density at radius 1 is 1.04 bits per heavy atom. The van der Waals surface area contributed by atoms with Crippen LogP contribution in [-0.4, -0.2) is 39.2 Å². The molecule has 6 nitrogen and oxygen atoms in total. The van der Waals surface area contributed by atoms with E-state index >= 15 is 0 Å². The topological polar surface area (TPSA) is 73.9 Å². The van der Waals surface area contributed by atoms with Crippen molar-refractivity contribution in [2.45, 2.75) is 32.6 Å². The van der Waals surface area contributed by atoms with Crippen LogP contribution in [0.15, 0.2) is 18.2 Å². The van der Waals surface area contributed by atoms with Gasteiger partial charge in [0, 0.05) is 18.5 Å². The highest BCUT2D eigenvalue weighted by Crippen LogP contribution is 2.27. The predicted octanol–water partition coefficient (Wildman–Crippen LogP) is 2.56. The van der Waals surface area contributed by atoms with Gasteiger partial charge in [0.2, 0.25) is 0 Å². The summed E-state index contributed by atoms with van der Waals surface area (Å²) in [6.45, 7) is 2.78. The fraction of sp³-hybridized carbons (Fsp3) is 0.529. The summed E-state index contributed by atoms with van der Waals surface area (Å²) in [5, 5.41) is 2.85. The molecule has 0 saturated carbocycles.